The first kappa shape index (κ1) is 28.0. The molecular formula is C26H33F2N5O4. The molecule has 2 aliphatic rings. The molecule has 4 amide bonds. The van der Waals surface area contributed by atoms with E-state index in [-0.39, 0.29) is 31.2 Å². The number of halogens is 2. The molecule has 1 saturated heterocycles. The van der Waals surface area contributed by atoms with Crippen molar-refractivity contribution in [1.82, 2.24) is 15.1 Å². The molecule has 1 aromatic rings. The standard InChI is InChI=1S/C26H33F2N5O4/c1-6-26(27,28)24(37)30-16(4)21(34)32(5)20(11-15(2)3)22(35)33-14-25(12-17(33)13-29)18-9-7-8-10-19(18)31-23(25)36/h7-10,15-17,20H,6,11-12,14H2,1-5H3,(H,30,37)(H,31,36)/t16-,17-,20-,25-/m0/s1. The highest BCUT2D eigenvalue weighted by molar-refractivity contribution is 6.07. The molecule has 2 N–H and O–H groups in total. The molecule has 0 unspecified atom stereocenters. The van der Waals surface area contributed by atoms with E-state index in [0.29, 0.717) is 11.3 Å². The molecule has 1 fully saturated rings. The number of anilines is 1. The SMILES string of the molecule is CCC(F)(F)C(=O)N[C@@H](C)C(=O)N(C)[C@@H](CC(C)C)C(=O)N1C[C@]2(C[C@H]1C#N)C(=O)Nc1ccccc12. The fourth-order valence-corrected chi connectivity index (χ4v) is 5.03. The molecule has 1 spiro atoms. The van der Waals surface area contributed by atoms with Crippen LogP contribution in [0, 0.1) is 17.2 Å². The maximum atomic E-state index is 13.8. The quantitative estimate of drug-likeness (QED) is 0.548. The number of nitriles is 1. The van der Waals surface area contributed by atoms with Crippen LogP contribution in [0.15, 0.2) is 24.3 Å². The fraction of sp³-hybridized carbons (Fsp3) is 0.577. The van der Waals surface area contributed by atoms with E-state index in [2.05, 4.69) is 11.4 Å². The van der Waals surface area contributed by atoms with Crippen molar-refractivity contribution < 1.29 is 28.0 Å². The molecule has 0 aromatic heterocycles. The van der Waals surface area contributed by atoms with E-state index >= 15 is 0 Å². The summed E-state index contributed by atoms with van der Waals surface area (Å²) in [7, 11) is 1.37. The normalized spacial score (nSPS) is 22.3. The number of fused-ring (bicyclic) bond motifs is 2. The first-order chi connectivity index (χ1) is 17.3. The topological polar surface area (TPSA) is 123 Å². The number of benzene rings is 1. The summed E-state index contributed by atoms with van der Waals surface area (Å²) in [4.78, 5) is 54.4. The molecule has 4 atom stereocenters. The Labute approximate surface area is 215 Å². The van der Waals surface area contributed by atoms with Crippen LogP contribution in [0.25, 0.3) is 0 Å². The molecule has 11 heteroatoms. The second kappa shape index (κ2) is 10.4. The molecule has 0 radical (unpaired) electrons. The third kappa shape index (κ3) is 5.15. The third-order valence-electron chi connectivity index (χ3n) is 7.21. The van der Waals surface area contributed by atoms with Gasteiger partial charge >= 0.3 is 5.92 Å². The molecule has 1 aromatic carbocycles. The average molecular weight is 518 g/mol. The molecule has 0 aliphatic carbocycles. The Morgan fingerprint density at radius 2 is 1.95 bits per heavy atom. The molecule has 200 valence electrons. The molecule has 37 heavy (non-hydrogen) atoms. The second-order valence-electron chi connectivity index (χ2n) is 10.2. The van der Waals surface area contributed by atoms with Gasteiger partial charge in [-0.2, -0.15) is 14.0 Å². The fourth-order valence-electron chi connectivity index (χ4n) is 5.03. The van der Waals surface area contributed by atoms with Gasteiger partial charge in [0.05, 0.1) is 11.5 Å². The van der Waals surface area contributed by atoms with Crippen LogP contribution in [-0.4, -0.2) is 71.1 Å². The van der Waals surface area contributed by atoms with Gasteiger partial charge in [0.1, 0.15) is 18.1 Å². The lowest BCUT2D eigenvalue weighted by Crippen LogP contribution is -2.56. The Bertz CT molecular complexity index is 1130. The predicted octanol–water partition coefficient (Wildman–Crippen LogP) is 2.42. The van der Waals surface area contributed by atoms with Gasteiger partial charge in [-0.3, -0.25) is 19.2 Å². The Hall–Kier alpha value is -3.55. The number of rotatable bonds is 8. The number of nitrogens with zero attached hydrogens (tertiary/aromatic N) is 3. The van der Waals surface area contributed by atoms with E-state index in [9.17, 15) is 33.2 Å². The van der Waals surface area contributed by atoms with Gasteiger partial charge < -0.3 is 20.4 Å². The van der Waals surface area contributed by atoms with Gasteiger partial charge in [0.25, 0.3) is 5.91 Å². The van der Waals surface area contributed by atoms with E-state index < -0.39 is 53.6 Å². The maximum Gasteiger partial charge on any atom is 0.324 e. The lowest BCUT2D eigenvalue weighted by Gasteiger charge is -2.34. The van der Waals surface area contributed by atoms with Crippen LogP contribution in [0.3, 0.4) is 0 Å². The zero-order chi connectivity index (χ0) is 27.7. The summed E-state index contributed by atoms with van der Waals surface area (Å²) in [5.41, 5.74) is 0.275. The van der Waals surface area contributed by atoms with Crippen LogP contribution in [0.2, 0.25) is 0 Å². The summed E-state index contributed by atoms with van der Waals surface area (Å²) in [5, 5.41) is 14.8. The van der Waals surface area contributed by atoms with Crippen LogP contribution < -0.4 is 10.6 Å². The molecule has 0 saturated carbocycles. The molecular weight excluding hydrogens is 484 g/mol. The first-order valence-electron chi connectivity index (χ1n) is 12.4. The summed E-state index contributed by atoms with van der Waals surface area (Å²) < 4.78 is 27.5. The number of alkyl halides is 2. The van der Waals surface area contributed by atoms with Gasteiger partial charge in [0, 0.05) is 32.1 Å². The number of hydrogen-bond donors (Lipinski definition) is 2. The van der Waals surface area contributed by atoms with Gasteiger partial charge in [-0.25, -0.2) is 0 Å². The minimum Gasteiger partial charge on any atom is -0.339 e. The number of carbonyl (C=O) groups is 4. The first-order valence-corrected chi connectivity index (χ1v) is 12.4. The highest BCUT2D eigenvalue weighted by Gasteiger charge is 2.56. The zero-order valence-corrected chi connectivity index (χ0v) is 21.7. The Morgan fingerprint density at radius 3 is 2.54 bits per heavy atom. The Balaban J connectivity index is 1.86. The highest BCUT2D eigenvalue weighted by Crippen LogP contribution is 2.46. The molecule has 9 nitrogen and oxygen atoms in total. The van der Waals surface area contributed by atoms with Crippen molar-refractivity contribution in [3.05, 3.63) is 29.8 Å². The van der Waals surface area contributed by atoms with Crippen LogP contribution in [0.5, 0.6) is 0 Å². The minimum atomic E-state index is -3.62. The van der Waals surface area contributed by atoms with E-state index in [4.69, 9.17) is 0 Å². The largest absolute Gasteiger partial charge is 0.339 e. The smallest absolute Gasteiger partial charge is 0.324 e. The van der Waals surface area contributed by atoms with Crippen molar-refractivity contribution >= 4 is 29.3 Å². The Kier molecular flexibility index (Phi) is 7.91. The number of nitrogens with one attached hydrogen (secondary N) is 2. The molecule has 0 bridgehead atoms. The number of amides is 4. The van der Waals surface area contributed by atoms with Crippen molar-refractivity contribution in [2.24, 2.45) is 5.92 Å². The maximum absolute atomic E-state index is 13.8. The van der Waals surface area contributed by atoms with Crippen LogP contribution in [0.1, 0.15) is 52.5 Å². The number of likely N-dealkylation sites (N-methyl/N-ethyl adjacent to an activating group) is 1. The lowest BCUT2D eigenvalue weighted by atomic mass is 9.80. The van der Waals surface area contributed by atoms with Gasteiger partial charge in [0.2, 0.25) is 17.7 Å². The molecule has 2 heterocycles. The summed E-state index contributed by atoms with van der Waals surface area (Å²) in [5.74, 6) is -6.74. The van der Waals surface area contributed by atoms with Gasteiger partial charge in [0.15, 0.2) is 0 Å². The van der Waals surface area contributed by atoms with E-state index in [0.717, 1.165) is 11.8 Å². The van der Waals surface area contributed by atoms with Gasteiger partial charge in [-0.15, -0.1) is 0 Å². The number of likely N-dealkylation sites (tertiary alicyclic amines) is 1. The lowest BCUT2D eigenvalue weighted by molar-refractivity contribution is -0.151. The van der Waals surface area contributed by atoms with Crippen LogP contribution in [0.4, 0.5) is 14.5 Å². The van der Waals surface area contributed by atoms with Crippen molar-refractivity contribution in [3.8, 4) is 6.07 Å². The van der Waals surface area contributed by atoms with E-state index in [1.54, 1.807) is 24.3 Å². The van der Waals surface area contributed by atoms with Crippen LogP contribution in [-0.2, 0) is 24.6 Å². The predicted molar refractivity (Wildman–Crippen MR) is 131 cm³/mol. The summed E-state index contributed by atoms with van der Waals surface area (Å²) in [6.45, 7) is 6.13. The summed E-state index contributed by atoms with van der Waals surface area (Å²) in [6, 6.07) is 6.04. The van der Waals surface area contributed by atoms with Crippen molar-refractivity contribution in [3.63, 3.8) is 0 Å². The molecule has 2 aliphatic heterocycles. The number of para-hydroxylation sites is 1. The van der Waals surface area contributed by atoms with Crippen molar-refractivity contribution in [1.29, 1.82) is 5.26 Å². The van der Waals surface area contributed by atoms with Crippen molar-refractivity contribution in [2.45, 2.75) is 76.4 Å². The number of hydrogen-bond acceptors (Lipinski definition) is 5. The van der Waals surface area contributed by atoms with Gasteiger partial charge in [-0.05, 0) is 30.9 Å². The van der Waals surface area contributed by atoms with Gasteiger partial charge in [-0.1, -0.05) is 39.0 Å². The van der Waals surface area contributed by atoms with Crippen LogP contribution >= 0.6 is 0 Å². The third-order valence-corrected chi connectivity index (χ3v) is 7.21. The van der Waals surface area contributed by atoms with E-state index in [1.807, 2.05) is 19.2 Å². The number of carbonyl (C=O) groups excluding carboxylic acids is 4. The average Bonchev–Trinajstić information content (AvgIpc) is 3.39. The molecule has 3 rings (SSSR count). The van der Waals surface area contributed by atoms with E-state index in [1.165, 1.54) is 18.9 Å². The second-order valence-corrected chi connectivity index (χ2v) is 10.2. The zero-order valence-electron chi connectivity index (χ0n) is 21.7. The van der Waals surface area contributed by atoms with Crippen molar-refractivity contribution in [2.75, 3.05) is 18.9 Å². The summed E-state index contributed by atoms with van der Waals surface area (Å²) in [6.07, 6.45) is -0.368. The minimum absolute atomic E-state index is 0.0292. The monoisotopic (exact) mass is 517 g/mol. The highest BCUT2D eigenvalue weighted by atomic mass is 19.3. The Morgan fingerprint density at radius 1 is 1.30 bits per heavy atom. The summed E-state index contributed by atoms with van der Waals surface area (Å²) >= 11 is 0.